The normalized spacial score (nSPS) is 11.1. The minimum absolute atomic E-state index is 0.547. The zero-order chi connectivity index (χ0) is 21.3. The third-order valence-corrected chi connectivity index (χ3v) is 4.53. The van der Waals surface area contributed by atoms with Crippen LogP contribution in [0.5, 0.6) is 11.5 Å². The van der Waals surface area contributed by atoms with Crippen molar-refractivity contribution < 1.29 is 14.2 Å². The second-order valence-corrected chi connectivity index (χ2v) is 7.21. The summed E-state index contributed by atoms with van der Waals surface area (Å²) in [5.74, 6) is 2.22. The van der Waals surface area contributed by atoms with Crippen molar-refractivity contribution in [3.63, 3.8) is 0 Å². The van der Waals surface area contributed by atoms with E-state index < -0.39 is 0 Å². The van der Waals surface area contributed by atoms with Crippen LogP contribution in [-0.4, -0.2) is 36.4 Å². The summed E-state index contributed by atoms with van der Waals surface area (Å²) in [7, 11) is 0. The van der Waals surface area contributed by atoms with Gasteiger partial charge in [0.15, 0.2) is 11.6 Å². The Labute approximate surface area is 181 Å². The van der Waals surface area contributed by atoms with Crippen LogP contribution in [-0.2, 0) is 4.74 Å². The van der Waals surface area contributed by atoms with Crippen molar-refractivity contribution in [2.75, 3.05) is 26.4 Å². The zero-order valence-electron chi connectivity index (χ0n) is 18.5. The number of aromatic nitrogens is 2. The highest BCUT2D eigenvalue weighted by atomic mass is 16.5. The lowest BCUT2D eigenvalue weighted by atomic mass is 10.2. The lowest BCUT2D eigenvalue weighted by molar-refractivity contribution is 0.127. The Morgan fingerprint density at radius 3 is 2.23 bits per heavy atom. The summed E-state index contributed by atoms with van der Waals surface area (Å²) >= 11 is 0. The molecule has 0 atom stereocenters. The Kier molecular flexibility index (Phi) is 12.3. The highest BCUT2D eigenvalue weighted by molar-refractivity contribution is 5.56. The standard InChI is InChI=1S/C25H36N2O3/c1-3-5-6-7-8-9-18-30-24-20-26-25(27-21-24)22-12-14-23(15-13-22)29-19-11-10-17-28-16-4-2/h8-9,12-15,20-21H,3-7,10-11,16-19H2,1-2H3/b9-8+. The average molecular weight is 413 g/mol. The first-order valence-corrected chi connectivity index (χ1v) is 11.2. The van der Waals surface area contributed by atoms with Crippen LogP contribution < -0.4 is 9.47 Å². The Balaban J connectivity index is 1.69. The van der Waals surface area contributed by atoms with E-state index in [2.05, 4.69) is 36.0 Å². The van der Waals surface area contributed by atoms with Gasteiger partial charge >= 0.3 is 0 Å². The molecule has 30 heavy (non-hydrogen) atoms. The molecule has 2 rings (SSSR count). The first-order chi connectivity index (χ1) is 14.8. The van der Waals surface area contributed by atoms with Gasteiger partial charge in [-0.25, -0.2) is 9.97 Å². The molecular weight excluding hydrogens is 376 g/mol. The van der Waals surface area contributed by atoms with Crippen molar-refractivity contribution in [3.8, 4) is 22.9 Å². The van der Waals surface area contributed by atoms with E-state index in [1.54, 1.807) is 12.4 Å². The molecule has 2 aromatic rings. The third-order valence-electron chi connectivity index (χ3n) is 4.53. The molecule has 0 bridgehead atoms. The quantitative estimate of drug-likeness (QED) is 0.241. The van der Waals surface area contributed by atoms with Crippen LogP contribution >= 0.6 is 0 Å². The monoisotopic (exact) mass is 412 g/mol. The molecule has 5 heteroatoms. The van der Waals surface area contributed by atoms with E-state index in [1.807, 2.05) is 24.3 Å². The molecule has 0 saturated heterocycles. The molecule has 0 saturated carbocycles. The highest BCUT2D eigenvalue weighted by Crippen LogP contribution is 2.20. The van der Waals surface area contributed by atoms with Gasteiger partial charge in [-0.15, -0.1) is 0 Å². The SMILES string of the molecule is CCCCC/C=C/COc1cnc(-c2ccc(OCCCCOCCC)cc2)nc1. The molecule has 0 unspecified atom stereocenters. The van der Waals surface area contributed by atoms with Gasteiger partial charge in [0.25, 0.3) is 0 Å². The molecule has 0 aliphatic rings. The number of rotatable bonds is 16. The fourth-order valence-corrected chi connectivity index (χ4v) is 2.83. The molecule has 0 amide bonds. The molecule has 1 aromatic heterocycles. The van der Waals surface area contributed by atoms with E-state index in [1.165, 1.54) is 19.3 Å². The largest absolute Gasteiger partial charge is 0.494 e. The predicted octanol–water partition coefficient (Wildman–Crippen LogP) is 6.24. The smallest absolute Gasteiger partial charge is 0.159 e. The first kappa shape index (κ1) is 23.9. The fraction of sp³-hybridized carbons (Fsp3) is 0.520. The molecule has 0 aliphatic heterocycles. The predicted molar refractivity (Wildman–Crippen MR) is 122 cm³/mol. The van der Waals surface area contributed by atoms with Crippen molar-refractivity contribution in [1.29, 1.82) is 0 Å². The van der Waals surface area contributed by atoms with Crippen LogP contribution in [0.2, 0.25) is 0 Å². The van der Waals surface area contributed by atoms with Crippen LogP contribution in [0.1, 0.15) is 58.8 Å². The van der Waals surface area contributed by atoms with Gasteiger partial charge in [-0.3, -0.25) is 0 Å². The van der Waals surface area contributed by atoms with Gasteiger partial charge in [0.1, 0.15) is 12.4 Å². The lowest BCUT2D eigenvalue weighted by Gasteiger charge is -2.08. The molecule has 0 N–H and O–H groups in total. The van der Waals surface area contributed by atoms with Crippen molar-refractivity contribution in [3.05, 3.63) is 48.8 Å². The van der Waals surface area contributed by atoms with Gasteiger partial charge in [0.05, 0.1) is 19.0 Å². The van der Waals surface area contributed by atoms with Crippen LogP contribution in [0.3, 0.4) is 0 Å². The molecular formula is C25H36N2O3. The van der Waals surface area contributed by atoms with Crippen LogP contribution in [0.25, 0.3) is 11.4 Å². The molecule has 5 nitrogen and oxygen atoms in total. The van der Waals surface area contributed by atoms with Crippen molar-refractivity contribution in [2.24, 2.45) is 0 Å². The molecule has 1 heterocycles. The van der Waals surface area contributed by atoms with E-state index in [9.17, 15) is 0 Å². The van der Waals surface area contributed by atoms with Gasteiger partial charge in [-0.1, -0.05) is 38.8 Å². The second kappa shape index (κ2) is 15.4. The summed E-state index contributed by atoms with van der Waals surface area (Å²) in [6, 6.07) is 7.88. The topological polar surface area (TPSA) is 53.5 Å². The van der Waals surface area contributed by atoms with Crippen molar-refractivity contribution >= 4 is 0 Å². The fourth-order valence-electron chi connectivity index (χ4n) is 2.83. The first-order valence-electron chi connectivity index (χ1n) is 11.2. The Bertz CT molecular complexity index is 699. The summed E-state index contributed by atoms with van der Waals surface area (Å²) < 4.78 is 16.9. The molecule has 1 aromatic carbocycles. The second-order valence-electron chi connectivity index (χ2n) is 7.21. The van der Waals surface area contributed by atoms with E-state index in [4.69, 9.17) is 14.2 Å². The van der Waals surface area contributed by atoms with E-state index in [-0.39, 0.29) is 0 Å². The number of hydrogen-bond acceptors (Lipinski definition) is 5. The minimum atomic E-state index is 0.547. The molecule has 0 spiro atoms. The Morgan fingerprint density at radius 1 is 0.733 bits per heavy atom. The summed E-state index contributed by atoms with van der Waals surface area (Å²) in [6.07, 6.45) is 15.6. The zero-order valence-corrected chi connectivity index (χ0v) is 18.5. The van der Waals surface area contributed by atoms with Gasteiger partial charge < -0.3 is 14.2 Å². The number of unbranched alkanes of at least 4 members (excludes halogenated alkanes) is 4. The van der Waals surface area contributed by atoms with Crippen LogP contribution in [0, 0.1) is 0 Å². The number of allylic oxidation sites excluding steroid dienone is 1. The summed E-state index contributed by atoms with van der Waals surface area (Å²) in [6.45, 7) is 7.23. The summed E-state index contributed by atoms with van der Waals surface area (Å²) in [5.41, 5.74) is 0.956. The van der Waals surface area contributed by atoms with Gasteiger partial charge in [0, 0.05) is 18.8 Å². The van der Waals surface area contributed by atoms with Gasteiger partial charge in [-0.05, 0) is 56.4 Å². The van der Waals surface area contributed by atoms with E-state index >= 15 is 0 Å². The number of ether oxygens (including phenoxy) is 3. The molecule has 0 aliphatic carbocycles. The molecule has 0 radical (unpaired) electrons. The average Bonchev–Trinajstić information content (AvgIpc) is 2.79. The third kappa shape index (κ3) is 9.88. The maximum absolute atomic E-state index is 5.79. The summed E-state index contributed by atoms with van der Waals surface area (Å²) in [5, 5.41) is 0. The van der Waals surface area contributed by atoms with Crippen LogP contribution in [0.4, 0.5) is 0 Å². The van der Waals surface area contributed by atoms with Gasteiger partial charge in [0.2, 0.25) is 0 Å². The van der Waals surface area contributed by atoms with E-state index in [0.29, 0.717) is 24.8 Å². The van der Waals surface area contributed by atoms with Crippen LogP contribution in [0.15, 0.2) is 48.8 Å². The number of benzene rings is 1. The molecule has 0 fully saturated rings. The van der Waals surface area contributed by atoms with Crippen molar-refractivity contribution in [1.82, 2.24) is 9.97 Å². The van der Waals surface area contributed by atoms with Gasteiger partial charge in [-0.2, -0.15) is 0 Å². The van der Waals surface area contributed by atoms with E-state index in [0.717, 1.165) is 50.2 Å². The minimum Gasteiger partial charge on any atom is -0.494 e. The van der Waals surface area contributed by atoms with Crippen molar-refractivity contribution in [2.45, 2.75) is 58.8 Å². The highest BCUT2D eigenvalue weighted by Gasteiger charge is 2.03. The molecule has 164 valence electrons. The summed E-state index contributed by atoms with van der Waals surface area (Å²) in [4.78, 5) is 8.83. The number of nitrogens with zero attached hydrogens (tertiary/aromatic N) is 2. The lowest BCUT2D eigenvalue weighted by Crippen LogP contribution is -2.01. The maximum Gasteiger partial charge on any atom is 0.159 e. The Hall–Kier alpha value is -2.40. The Morgan fingerprint density at radius 2 is 1.50 bits per heavy atom. The number of hydrogen-bond donors (Lipinski definition) is 0. The maximum atomic E-state index is 5.79.